The average molecular weight is 527 g/mol. The number of anilines is 1. The molecule has 7 nitrogen and oxygen atoms in total. The fourth-order valence-electron chi connectivity index (χ4n) is 4.67. The van der Waals surface area contributed by atoms with E-state index in [1.54, 1.807) is 6.92 Å². The summed E-state index contributed by atoms with van der Waals surface area (Å²) < 4.78 is 86.9. The number of ether oxygens (including phenoxy) is 2. The molecule has 1 amide bonds. The number of rotatable bonds is 9. The molecule has 13 heteroatoms. The highest BCUT2D eigenvalue weighted by molar-refractivity contribution is 5.92. The van der Waals surface area contributed by atoms with Gasteiger partial charge in [0.15, 0.2) is 0 Å². The van der Waals surface area contributed by atoms with Crippen molar-refractivity contribution in [2.45, 2.75) is 44.1 Å². The van der Waals surface area contributed by atoms with Crippen LogP contribution in [0.4, 0.5) is 32.2 Å². The van der Waals surface area contributed by atoms with Gasteiger partial charge in [-0.05, 0) is 25.0 Å². The molecule has 0 N–H and O–H groups in total. The Labute approximate surface area is 206 Å². The molecule has 0 aromatic carbocycles. The molecule has 0 unspecified atom stereocenters. The summed E-state index contributed by atoms with van der Waals surface area (Å²) in [6, 6.07) is 3.53. The van der Waals surface area contributed by atoms with Gasteiger partial charge in [0.1, 0.15) is 18.1 Å². The number of aromatic nitrogens is 1. The van der Waals surface area contributed by atoms with Crippen molar-refractivity contribution in [2.75, 3.05) is 70.6 Å². The van der Waals surface area contributed by atoms with E-state index in [0.29, 0.717) is 58.8 Å². The van der Waals surface area contributed by atoms with Crippen LogP contribution in [0.1, 0.15) is 31.9 Å². The van der Waals surface area contributed by atoms with Crippen LogP contribution in [0.25, 0.3) is 0 Å². The molecular formula is C23H32F6N4O3. The highest BCUT2D eigenvalue weighted by Gasteiger charge is 2.43. The molecule has 0 atom stereocenters. The van der Waals surface area contributed by atoms with E-state index in [2.05, 4.69) is 9.88 Å². The molecule has 0 radical (unpaired) electrons. The van der Waals surface area contributed by atoms with Crippen LogP contribution in [-0.2, 0) is 20.4 Å². The Morgan fingerprint density at radius 1 is 1.11 bits per heavy atom. The molecule has 2 fully saturated rings. The summed E-state index contributed by atoms with van der Waals surface area (Å²) in [6.45, 7) is 4.20. The highest BCUT2D eigenvalue weighted by Crippen LogP contribution is 2.33. The molecular weight excluding hydrogens is 494 g/mol. The Balaban J connectivity index is 1.72. The van der Waals surface area contributed by atoms with Gasteiger partial charge in [-0.1, -0.05) is 13.0 Å². The summed E-state index contributed by atoms with van der Waals surface area (Å²) in [4.78, 5) is 22.2. The van der Waals surface area contributed by atoms with Crippen molar-refractivity contribution < 1.29 is 40.6 Å². The molecule has 2 aliphatic rings. The normalized spacial score (nSPS) is 19.9. The van der Waals surface area contributed by atoms with Gasteiger partial charge < -0.3 is 9.47 Å². The first-order chi connectivity index (χ1) is 16.9. The Hall–Kier alpha value is -1.96. The van der Waals surface area contributed by atoms with E-state index in [1.807, 2.05) is 4.90 Å². The van der Waals surface area contributed by atoms with Crippen molar-refractivity contribution in [1.29, 1.82) is 0 Å². The van der Waals surface area contributed by atoms with E-state index in [1.165, 1.54) is 17.0 Å². The molecule has 3 heterocycles. The minimum Gasteiger partial charge on any atom is -0.381 e. The van der Waals surface area contributed by atoms with Crippen LogP contribution < -0.4 is 4.90 Å². The van der Waals surface area contributed by atoms with Gasteiger partial charge in [-0.15, -0.1) is 0 Å². The van der Waals surface area contributed by atoms with Crippen LogP contribution in [0.15, 0.2) is 18.2 Å². The van der Waals surface area contributed by atoms with Gasteiger partial charge in [-0.25, -0.2) is 4.98 Å². The predicted molar refractivity (Wildman–Crippen MR) is 120 cm³/mol. The number of pyridine rings is 1. The minimum atomic E-state index is -4.63. The van der Waals surface area contributed by atoms with Crippen LogP contribution in [-0.4, -0.2) is 98.1 Å². The monoisotopic (exact) mass is 526 g/mol. The molecule has 204 valence electrons. The molecule has 2 aliphatic heterocycles. The van der Waals surface area contributed by atoms with E-state index in [0.717, 1.165) is 6.07 Å². The second-order valence-electron chi connectivity index (χ2n) is 9.05. The van der Waals surface area contributed by atoms with Crippen LogP contribution in [0.2, 0.25) is 0 Å². The SMILES string of the molecule is CCC(=O)N(CC1(N2CCN(CCOCC(F)(F)F)CC2)CCOCC1)c1cccc(C(F)(F)F)n1. The lowest BCUT2D eigenvalue weighted by atomic mass is 9.86. The molecule has 3 rings (SSSR count). The van der Waals surface area contributed by atoms with E-state index in [-0.39, 0.29) is 31.3 Å². The van der Waals surface area contributed by atoms with Gasteiger partial charge >= 0.3 is 12.4 Å². The van der Waals surface area contributed by atoms with Gasteiger partial charge in [-0.2, -0.15) is 26.3 Å². The van der Waals surface area contributed by atoms with E-state index >= 15 is 0 Å². The number of piperazine rings is 1. The Kier molecular flexibility index (Phi) is 9.58. The summed E-state index contributed by atoms with van der Waals surface area (Å²) in [7, 11) is 0. The lowest BCUT2D eigenvalue weighted by molar-refractivity contribution is -0.174. The number of nitrogens with zero attached hydrogens (tertiary/aromatic N) is 4. The number of carbonyl (C=O) groups excluding carboxylic acids is 1. The fourth-order valence-corrected chi connectivity index (χ4v) is 4.67. The second-order valence-corrected chi connectivity index (χ2v) is 9.05. The zero-order chi connectivity index (χ0) is 26.4. The Morgan fingerprint density at radius 3 is 2.36 bits per heavy atom. The second kappa shape index (κ2) is 12.1. The summed E-state index contributed by atoms with van der Waals surface area (Å²) in [5, 5.41) is 0. The predicted octanol–water partition coefficient (Wildman–Crippen LogP) is 3.59. The number of hydrogen-bond donors (Lipinski definition) is 0. The Morgan fingerprint density at radius 2 is 1.78 bits per heavy atom. The van der Waals surface area contributed by atoms with Crippen LogP contribution in [0.3, 0.4) is 0 Å². The van der Waals surface area contributed by atoms with E-state index < -0.39 is 30.2 Å². The third kappa shape index (κ3) is 7.77. The lowest BCUT2D eigenvalue weighted by Crippen LogP contribution is -2.63. The number of halogens is 6. The average Bonchev–Trinajstić information content (AvgIpc) is 2.85. The number of hydrogen-bond acceptors (Lipinski definition) is 6. The van der Waals surface area contributed by atoms with Crippen LogP contribution >= 0.6 is 0 Å². The van der Waals surface area contributed by atoms with E-state index in [4.69, 9.17) is 9.47 Å². The zero-order valence-electron chi connectivity index (χ0n) is 20.2. The smallest absolute Gasteiger partial charge is 0.381 e. The molecule has 0 saturated carbocycles. The standard InChI is InChI=1S/C23H32F6N4O3/c1-2-20(34)33(19-5-3-4-18(30-19)23(27,28)29)16-21(6-13-35-14-7-21)32-10-8-31(9-11-32)12-15-36-17-22(24,25)26/h3-5H,2,6-17H2,1H3. The molecule has 1 aromatic heterocycles. The van der Waals surface area contributed by atoms with Gasteiger partial charge in [0, 0.05) is 64.4 Å². The topological polar surface area (TPSA) is 58.1 Å². The summed E-state index contributed by atoms with van der Waals surface area (Å²) in [5.74, 6) is -0.365. The van der Waals surface area contributed by atoms with Crippen LogP contribution in [0.5, 0.6) is 0 Å². The summed E-state index contributed by atoms with van der Waals surface area (Å²) in [6.07, 6.45) is -7.70. The van der Waals surface area contributed by atoms with Gasteiger partial charge in [-0.3, -0.25) is 19.5 Å². The molecule has 1 aromatic rings. The maximum atomic E-state index is 13.3. The largest absolute Gasteiger partial charge is 0.433 e. The van der Waals surface area contributed by atoms with Gasteiger partial charge in [0.2, 0.25) is 5.91 Å². The summed E-state index contributed by atoms with van der Waals surface area (Å²) >= 11 is 0. The zero-order valence-corrected chi connectivity index (χ0v) is 20.2. The molecule has 0 aliphatic carbocycles. The van der Waals surface area contributed by atoms with Crippen LogP contribution in [0, 0.1) is 0 Å². The lowest BCUT2D eigenvalue weighted by Gasteiger charge is -2.51. The summed E-state index contributed by atoms with van der Waals surface area (Å²) in [5.41, 5.74) is -1.57. The molecule has 2 saturated heterocycles. The minimum absolute atomic E-state index is 0.0293. The molecule has 36 heavy (non-hydrogen) atoms. The number of carbonyl (C=O) groups is 1. The first-order valence-corrected chi connectivity index (χ1v) is 12.0. The first kappa shape index (κ1) is 28.6. The maximum absolute atomic E-state index is 13.3. The highest BCUT2D eigenvalue weighted by atomic mass is 19.4. The van der Waals surface area contributed by atoms with E-state index in [9.17, 15) is 31.1 Å². The third-order valence-electron chi connectivity index (χ3n) is 6.64. The van der Waals surface area contributed by atoms with Crippen molar-refractivity contribution in [2.24, 2.45) is 0 Å². The first-order valence-electron chi connectivity index (χ1n) is 12.0. The maximum Gasteiger partial charge on any atom is 0.433 e. The quantitative estimate of drug-likeness (QED) is 0.362. The third-order valence-corrected chi connectivity index (χ3v) is 6.64. The van der Waals surface area contributed by atoms with Crippen molar-refractivity contribution in [1.82, 2.24) is 14.8 Å². The molecule has 0 spiro atoms. The van der Waals surface area contributed by atoms with Crippen molar-refractivity contribution in [3.63, 3.8) is 0 Å². The molecule has 0 bridgehead atoms. The van der Waals surface area contributed by atoms with Crippen molar-refractivity contribution in [3.8, 4) is 0 Å². The number of amides is 1. The van der Waals surface area contributed by atoms with Gasteiger partial charge in [0.05, 0.1) is 6.61 Å². The number of alkyl halides is 6. The van der Waals surface area contributed by atoms with Gasteiger partial charge in [0.25, 0.3) is 0 Å². The van der Waals surface area contributed by atoms with Crippen molar-refractivity contribution in [3.05, 3.63) is 23.9 Å². The van der Waals surface area contributed by atoms with Crippen molar-refractivity contribution >= 4 is 11.7 Å². The Bertz CT molecular complexity index is 853. The fraction of sp³-hybridized carbons (Fsp3) is 0.739.